The first-order chi connectivity index (χ1) is 14.3. The second kappa shape index (κ2) is 7.47. The summed E-state index contributed by atoms with van der Waals surface area (Å²) in [6, 6.07) is 17.3. The SMILES string of the molecule is O=C(c1ccccc1)c1nn2ccccc2c1-c1ccnc(NC2CCCC2)n1. The lowest BCUT2D eigenvalue weighted by molar-refractivity contribution is 0.103. The minimum absolute atomic E-state index is 0.117. The van der Waals surface area contributed by atoms with E-state index in [1.54, 1.807) is 10.7 Å². The molecule has 3 heterocycles. The van der Waals surface area contributed by atoms with Crippen LogP contribution < -0.4 is 5.32 Å². The molecule has 0 unspecified atom stereocenters. The number of benzene rings is 1. The van der Waals surface area contributed by atoms with Crippen molar-refractivity contribution < 1.29 is 4.79 Å². The number of anilines is 1. The highest BCUT2D eigenvalue weighted by Gasteiger charge is 2.23. The van der Waals surface area contributed by atoms with Crippen LogP contribution >= 0.6 is 0 Å². The van der Waals surface area contributed by atoms with Gasteiger partial charge < -0.3 is 5.32 Å². The van der Waals surface area contributed by atoms with Crippen molar-refractivity contribution in [2.75, 3.05) is 5.32 Å². The summed E-state index contributed by atoms with van der Waals surface area (Å²) in [5.74, 6) is 0.482. The van der Waals surface area contributed by atoms with E-state index in [0.29, 0.717) is 28.9 Å². The topological polar surface area (TPSA) is 72.2 Å². The molecule has 6 heteroatoms. The maximum atomic E-state index is 13.2. The molecule has 5 rings (SSSR count). The Kier molecular flexibility index (Phi) is 4.52. The van der Waals surface area contributed by atoms with E-state index in [4.69, 9.17) is 4.98 Å². The number of nitrogens with one attached hydrogen (secondary N) is 1. The summed E-state index contributed by atoms with van der Waals surface area (Å²) in [6.45, 7) is 0. The summed E-state index contributed by atoms with van der Waals surface area (Å²) in [6.07, 6.45) is 8.34. The highest BCUT2D eigenvalue weighted by molar-refractivity contribution is 6.13. The van der Waals surface area contributed by atoms with Crippen molar-refractivity contribution in [1.29, 1.82) is 0 Å². The first-order valence-corrected chi connectivity index (χ1v) is 9.97. The van der Waals surface area contributed by atoms with Gasteiger partial charge in [0.05, 0.1) is 16.8 Å². The number of pyridine rings is 1. The van der Waals surface area contributed by atoms with Crippen molar-refractivity contribution in [3.8, 4) is 11.3 Å². The van der Waals surface area contributed by atoms with Crippen LogP contribution in [0.3, 0.4) is 0 Å². The van der Waals surface area contributed by atoms with Crippen LogP contribution in [-0.2, 0) is 0 Å². The Bertz CT molecular complexity index is 1160. The summed E-state index contributed by atoms with van der Waals surface area (Å²) in [5, 5.41) is 8.02. The van der Waals surface area contributed by atoms with Crippen LogP contribution in [0.2, 0.25) is 0 Å². The largest absolute Gasteiger partial charge is 0.351 e. The highest BCUT2D eigenvalue weighted by atomic mass is 16.1. The van der Waals surface area contributed by atoms with Crippen molar-refractivity contribution >= 4 is 17.2 Å². The number of ketones is 1. The summed E-state index contributed by atoms with van der Waals surface area (Å²) in [5.41, 5.74) is 3.28. The lowest BCUT2D eigenvalue weighted by atomic mass is 10.0. The Morgan fingerprint density at radius 1 is 1.00 bits per heavy atom. The minimum atomic E-state index is -0.117. The third-order valence-corrected chi connectivity index (χ3v) is 5.39. The molecule has 1 aromatic carbocycles. The van der Waals surface area contributed by atoms with Gasteiger partial charge in [-0.05, 0) is 31.0 Å². The van der Waals surface area contributed by atoms with Crippen LogP contribution in [0, 0.1) is 0 Å². The molecule has 29 heavy (non-hydrogen) atoms. The van der Waals surface area contributed by atoms with Crippen molar-refractivity contribution in [3.05, 3.63) is 78.2 Å². The Hall–Kier alpha value is -3.54. The Morgan fingerprint density at radius 3 is 2.62 bits per heavy atom. The average Bonchev–Trinajstić information content (AvgIpc) is 3.41. The van der Waals surface area contributed by atoms with E-state index in [2.05, 4.69) is 15.4 Å². The van der Waals surface area contributed by atoms with Crippen LogP contribution in [0.5, 0.6) is 0 Å². The highest BCUT2D eigenvalue weighted by Crippen LogP contribution is 2.30. The summed E-state index contributed by atoms with van der Waals surface area (Å²) >= 11 is 0. The molecule has 0 atom stereocenters. The maximum absolute atomic E-state index is 13.2. The van der Waals surface area contributed by atoms with Gasteiger partial charge in [-0.25, -0.2) is 14.5 Å². The lowest BCUT2D eigenvalue weighted by Gasteiger charge is -2.12. The number of fused-ring (bicyclic) bond motifs is 1. The fraction of sp³-hybridized carbons (Fsp3) is 0.217. The van der Waals surface area contributed by atoms with Crippen molar-refractivity contribution in [2.45, 2.75) is 31.7 Å². The molecule has 1 aliphatic carbocycles. The fourth-order valence-corrected chi connectivity index (χ4v) is 3.96. The van der Waals surface area contributed by atoms with E-state index in [1.807, 2.05) is 60.8 Å². The standard InChI is InChI=1S/C23H21N5O/c29-22(16-8-2-1-3-9-16)21-20(19-12-6-7-15-28(19)27-21)18-13-14-24-23(26-18)25-17-10-4-5-11-17/h1-3,6-9,12-15,17H,4-5,10-11H2,(H,24,25,26). The number of aromatic nitrogens is 4. The van der Waals surface area contributed by atoms with Gasteiger partial charge in [-0.15, -0.1) is 0 Å². The van der Waals surface area contributed by atoms with Crippen LogP contribution in [0.4, 0.5) is 5.95 Å². The zero-order valence-electron chi connectivity index (χ0n) is 16.0. The molecule has 6 nitrogen and oxygen atoms in total. The van der Waals surface area contributed by atoms with Crippen molar-refractivity contribution in [1.82, 2.24) is 19.6 Å². The van der Waals surface area contributed by atoms with Crippen LogP contribution in [0.1, 0.15) is 41.7 Å². The third-order valence-electron chi connectivity index (χ3n) is 5.39. The number of carbonyl (C=O) groups excluding carboxylic acids is 1. The molecule has 1 N–H and O–H groups in total. The maximum Gasteiger partial charge on any atom is 0.223 e. The second-order valence-corrected chi connectivity index (χ2v) is 7.34. The van der Waals surface area contributed by atoms with Gasteiger partial charge >= 0.3 is 0 Å². The molecule has 144 valence electrons. The smallest absolute Gasteiger partial charge is 0.223 e. The van der Waals surface area contributed by atoms with Gasteiger partial charge in [-0.1, -0.05) is 49.2 Å². The second-order valence-electron chi connectivity index (χ2n) is 7.34. The zero-order valence-corrected chi connectivity index (χ0v) is 16.0. The number of hydrogen-bond donors (Lipinski definition) is 1. The molecule has 1 saturated carbocycles. The normalized spacial score (nSPS) is 14.3. The van der Waals surface area contributed by atoms with Crippen molar-refractivity contribution in [2.24, 2.45) is 0 Å². The van der Waals surface area contributed by atoms with E-state index >= 15 is 0 Å². The zero-order chi connectivity index (χ0) is 19.6. The van der Waals surface area contributed by atoms with Crippen LogP contribution in [0.25, 0.3) is 16.8 Å². The van der Waals surface area contributed by atoms with Gasteiger partial charge in [0.15, 0.2) is 0 Å². The molecule has 3 aromatic heterocycles. The first-order valence-electron chi connectivity index (χ1n) is 9.97. The fourth-order valence-electron chi connectivity index (χ4n) is 3.96. The Balaban J connectivity index is 1.61. The number of hydrogen-bond acceptors (Lipinski definition) is 5. The Morgan fingerprint density at radius 2 is 1.79 bits per heavy atom. The Labute approximate surface area is 168 Å². The predicted molar refractivity (Wildman–Crippen MR) is 112 cm³/mol. The van der Waals surface area contributed by atoms with Gasteiger partial charge in [-0.3, -0.25) is 4.79 Å². The molecule has 4 aromatic rings. The molecule has 0 radical (unpaired) electrons. The molecule has 0 aliphatic heterocycles. The van der Waals surface area contributed by atoms with E-state index in [1.165, 1.54) is 12.8 Å². The van der Waals surface area contributed by atoms with E-state index in [0.717, 1.165) is 23.9 Å². The third kappa shape index (κ3) is 3.38. The predicted octanol–water partition coefficient (Wildman–Crippen LogP) is 4.38. The van der Waals surface area contributed by atoms with Crippen LogP contribution in [-0.4, -0.2) is 31.4 Å². The number of rotatable bonds is 5. The van der Waals surface area contributed by atoms with Gasteiger partial charge in [0.25, 0.3) is 0 Å². The van der Waals surface area contributed by atoms with E-state index in [9.17, 15) is 4.79 Å². The first kappa shape index (κ1) is 17.6. The molecular weight excluding hydrogens is 362 g/mol. The molecule has 0 spiro atoms. The lowest BCUT2D eigenvalue weighted by Crippen LogP contribution is -2.16. The van der Waals surface area contributed by atoms with E-state index in [-0.39, 0.29) is 5.78 Å². The van der Waals surface area contributed by atoms with Gasteiger partial charge in [0.1, 0.15) is 5.69 Å². The quantitative estimate of drug-likeness (QED) is 0.518. The summed E-state index contributed by atoms with van der Waals surface area (Å²) < 4.78 is 1.73. The van der Waals surface area contributed by atoms with Gasteiger partial charge in [-0.2, -0.15) is 5.10 Å². The summed E-state index contributed by atoms with van der Waals surface area (Å²) in [4.78, 5) is 22.4. The monoisotopic (exact) mass is 383 g/mol. The number of carbonyl (C=O) groups is 1. The molecule has 1 fully saturated rings. The van der Waals surface area contributed by atoms with Crippen molar-refractivity contribution in [3.63, 3.8) is 0 Å². The molecule has 0 amide bonds. The van der Waals surface area contributed by atoms with Gasteiger partial charge in [0.2, 0.25) is 11.7 Å². The molecular formula is C23H21N5O. The average molecular weight is 383 g/mol. The number of nitrogens with zero attached hydrogens (tertiary/aromatic N) is 4. The van der Waals surface area contributed by atoms with Crippen LogP contribution in [0.15, 0.2) is 67.0 Å². The summed E-state index contributed by atoms with van der Waals surface area (Å²) in [7, 11) is 0. The minimum Gasteiger partial charge on any atom is -0.351 e. The molecule has 0 saturated heterocycles. The molecule has 0 bridgehead atoms. The van der Waals surface area contributed by atoms with Gasteiger partial charge in [0, 0.05) is 24.0 Å². The molecule has 1 aliphatic rings. The van der Waals surface area contributed by atoms with E-state index < -0.39 is 0 Å².